The number of hydrazine groups is 2. The maximum absolute atomic E-state index is 5.95. The molecule has 0 saturated heterocycles. The summed E-state index contributed by atoms with van der Waals surface area (Å²) in [6, 6.07) is 20.4. The van der Waals surface area contributed by atoms with Crippen LogP contribution in [0.4, 0.5) is 0 Å². The number of aliphatic imine (C=N–C) groups is 1. The number of nitrogens with one attached hydrogen (secondary N) is 5. The monoisotopic (exact) mass is 339 g/mol. The molecule has 0 fully saturated rings. The van der Waals surface area contributed by atoms with Gasteiger partial charge in [-0.3, -0.25) is 16.5 Å². The van der Waals surface area contributed by atoms with Crippen LogP contribution in [0.2, 0.25) is 0 Å². The Balaban J connectivity index is 1.41. The smallest absolute Gasteiger partial charge is 0.154 e. The van der Waals surface area contributed by atoms with Crippen molar-refractivity contribution in [3.05, 3.63) is 71.8 Å². The van der Waals surface area contributed by atoms with E-state index in [-0.39, 0.29) is 6.17 Å². The molecule has 0 spiro atoms. The lowest BCUT2D eigenvalue weighted by molar-refractivity contribution is 0.323. The highest BCUT2D eigenvalue weighted by Crippen LogP contribution is 2.01. The molecule has 1 heterocycles. The number of hydrogen-bond acceptors (Lipinski definition) is 7. The molecule has 2 unspecified atom stereocenters. The second-order valence-corrected chi connectivity index (χ2v) is 5.89. The van der Waals surface area contributed by atoms with Gasteiger partial charge in [0.05, 0.1) is 6.17 Å². The van der Waals surface area contributed by atoms with E-state index in [4.69, 9.17) is 5.73 Å². The summed E-state index contributed by atoms with van der Waals surface area (Å²) in [4.78, 5) is 4.37. The molecule has 0 saturated carbocycles. The molecule has 1 aliphatic rings. The summed E-state index contributed by atoms with van der Waals surface area (Å²) in [6.07, 6.45) is 0.250. The van der Waals surface area contributed by atoms with E-state index in [0.29, 0.717) is 13.0 Å². The predicted octanol–water partition coefficient (Wildman–Crippen LogP) is 0.535. The van der Waals surface area contributed by atoms with Crippen LogP contribution in [0.3, 0.4) is 0 Å². The van der Waals surface area contributed by atoms with E-state index in [1.807, 2.05) is 36.4 Å². The number of hydrogen-bond donors (Lipinski definition) is 6. The summed E-state index contributed by atoms with van der Waals surface area (Å²) in [5.74, 6) is 0.821. The summed E-state index contributed by atoms with van der Waals surface area (Å²) >= 11 is 0. The predicted molar refractivity (Wildman–Crippen MR) is 99.8 cm³/mol. The van der Waals surface area contributed by atoms with Crippen molar-refractivity contribution in [1.29, 1.82) is 0 Å². The third-order valence-corrected chi connectivity index (χ3v) is 3.84. The lowest BCUT2D eigenvalue weighted by Crippen LogP contribution is -2.59. The zero-order valence-electron chi connectivity index (χ0n) is 14.1. The third-order valence-electron chi connectivity index (χ3n) is 3.84. The molecule has 25 heavy (non-hydrogen) atoms. The van der Waals surface area contributed by atoms with Crippen molar-refractivity contribution in [3.8, 4) is 0 Å². The Hall–Kier alpha value is -2.29. The Kier molecular flexibility index (Phi) is 6.49. The van der Waals surface area contributed by atoms with Crippen molar-refractivity contribution in [3.63, 3.8) is 0 Å². The van der Waals surface area contributed by atoms with E-state index in [1.165, 1.54) is 11.1 Å². The van der Waals surface area contributed by atoms with Crippen LogP contribution < -0.4 is 32.8 Å². The summed E-state index contributed by atoms with van der Waals surface area (Å²) in [7, 11) is 0. The van der Waals surface area contributed by atoms with Gasteiger partial charge in [0, 0.05) is 19.5 Å². The molecule has 0 bridgehead atoms. The van der Waals surface area contributed by atoms with Gasteiger partial charge < -0.3 is 5.43 Å². The summed E-state index contributed by atoms with van der Waals surface area (Å²) in [5.41, 5.74) is 21.2. The number of rotatable bonds is 7. The van der Waals surface area contributed by atoms with Gasteiger partial charge in [-0.2, -0.15) is 0 Å². The minimum atomic E-state index is -0.439. The van der Waals surface area contributed by atoms with Crippen molar-refractivity contribution < 1.29 is 0 Å². The summed E-state index contributed by atoms with van der Waals surface area (Å²) < 4.78 is 0. The quantitative estimate of drug-likeness (QED) is 0.412. The largest absolute Gasteiger partial charge is 0.309 e. The fourth-order valence-electron chi connectivity index (χ4n) is 2.61. The molecule has 7 N–H and O–H groups in total. The van der Waals surface area contributed by atoms with E-state index in [9.17, 15) is 0 Å². The molecule has 0 radical (unpaired) electrons. The zero-order valence-corrected chi connectivity index (χ0v) is 14.1. The minimum Gasteiger partial charge on any atom is -0.309 e. The van der Waals surface area contributed by atoms with Crippen LogP contribution in [0.25, 0.3) is 0 Å². The van der Waals surface area contributed by atoms with Crippen LogP contribution in [-0.2, 0) is 13.1 Å². The number of nitrogens with zero attached hydrogens (tertiary/aromatic N) is 1. The maximum Gasteiger partial charge on any atom is 0.154 e. The van der Waals surface area contributed by atoms with Crippen LogP contribution >= 0.6 is 0 Å². The molecule has 7 heteroatoms. The van der Waals surface area contributed by atoms with Gasteiger partial charge in [-0.15, -0.1) is 0 Å². The van der Waals surface area contributed by atoms with E-state index < -0.39 is 6.29 Å². The van der Waals surface area contributed by atoms with E-state index >= 15 is 0 Å². The van der Waals surface area contributed by atoms with Gasteiger partial charge in [0.25, 0.3) is 0 Å². The first-order chi connectivity index (χ1) is 12.3. The van der Waals surface area contributed by atoms with Gasteiger partial charge in [-0.1, -0.05) is 60.7 Å². The highest BCUT2D eigenvalue weighted by molar-refractivity contribution is 5.82. The van der Waals surface area contributed by atoms with Gasteiger partial charge in [0.15, 0.2) is 6.29 Å². The van der Waals surface area contributed by atoms with Crippen LogP contribution in [0.15, 0.2) is 65.7 Å². The summed E-state index contributed by atoms with van der Waals surface area (Å²) in [5, 5.41) is 3.19. The number of nitrogens with two attached hydrogens (primary N) is 1. The van der Waals surface area contributed by atoms with Crippen molar-refractivity contribution in [2.75, 3.05) is 0 Å². The average Bonchev–Trinajstić information content (AvgIpc) is 2.63. The first-order valence-corrected chi connectivity index (χ1v) is 8.43. The first-order valence-electron chi connectivity index (χ1n) is 8.43. The second-order valence-electron chi connectivity index (χ2n) is 5.89. The van der Waals surface area contributed by atoms with E-state index in [0.717, 1.165) is 12.4 Å². The van der Waals surface area contributed by atoms with Crippen molar-refractivity contribution >= 4 is 5.84 Å². The lowest BCUT2D eigenvalue weighted by Gasteiger charge is -2.29. The zero-order chi connectivity index (χ0) is 17.3. The summed E-state index contributed by atoms with van der Waals surface area (Å²) in [6.45, 7) is 1.45. The third kappa shape index (κ3) is 5.93. The number of benzene rings is 2. The fourth-order valence-corrected chi connectivity index (χ4v) is 2.61. The molecular weight excluding hydrogens is 314 g/mol. The maximum atomic E-state index is 5.95. The second kappa shape index (κ2) is 9.26. The number of amidine groups is 1. The Morgan fingerprint density at radius 3 is 2.16 bits per heavy atom. The molecule has 2 aromatic rings. The molecule has 2 atom stereocenters. The lowest BCUT2D eigenvalue weighted by atomic mass is 10.2. The SMILES string of the molecule is NC1N=C(NNCc2ccccc2)CC(NNCc2ccccc2)N1. The molecule has 132 valence electrons. The Morgan fingerprint density at radius 2 is 1.52 bits per heavy atom. The van der Waals surface area contributed by atoms with Crippen LogP contribution in [0.5, 0.6) is 0 Å². The van der Waals surface area contributed by atoms with Crippen LogP contribution in [0.1, 0.15) is 17.5 Å². The highest BCUT2D eigenvalue weighted by atomic mass is 15.5. The van der Waals surface area contributed by atoms with Crippen LogP contribution in [0, 0.1) is 0 Å². The molecule has 1 aliphatic heterocycles. The van der Waals surface area contributed by atoms with Crippen LogP contribution in [-0.4, -0.2) is 18.3 Å². The van der Waals surface area contributed by atoms with Gasteiger partial charge in [0.1, 0.15) is 5.84 Å². The molecule has 0 aromatic heterocycles. The molecule has 0 aliphatic carbocycles. The Labute approximate surface area is 148 Å². The van der Waals surface area contributed by atoms with Crippen molar-refractivity contribution in [2.45, 2.75) is 32.0 Å². The normalized spacial score (nSPS) is 20.1. The Bertz CT molecular complexity index is 660. The van der Waals surface area contributed by atoms with Crippen molar-refractivity contribution in [1.82, 2.24) is 27.0 Å². The standard InChI is InChI=1S/C18H25N7/c19-18-22-16(24-20-12-14-7-3-1-4-8-14)11-17(23-18)25-21-13-15-9-5-2-6-10-15/h1-10,16,18,20-22,24H,11-13,19H2,(H,23,25). The highest BCUT2D eigenvalue weighted by Gasteiger charge is 2.19. The Morgan fingerprint density at radius 1 is 0.920 bits per heavy atom. The molecule has 7 nitrogen and oxygen atoms in total. The molecule has 2 aromatic carbocycles. The molecule has 0 amide bonds. The average molecular weight is 339 g/mol. The van der Waals surface area contributed by atoms with Gasteiger partial charge in [-0.25, -0.2) is 15.8 Å². The molecule has 3 rings (SSSR count). The van der Waals surface area contributed by atoms with E-state index in [1.54, 1.807) is 0 Å². The van der Waals surface area contributed by atoms with Gasteiger partial charge in [-0.05, 0) is 11.1 Å². The van der Waals surface area contributed by atoms with Gasteiger partial charge >= 0.3 is 0 Å². The first kappa shape index (κ1) is 17.5. The topological polar surface area (TPSA) is 98.5 Å². The fraction of sp³-hybridized carbons (Fsp3) is 0.278. The molecular formula is C18H25N7. The van der Waals surface area contributed by atoms with Gasteiger partial charge in [0.2, 0.25) is 0 Å². The van der Waals surface area contributed by atoms with E-state index in [2.05, 4.69) is 56.3 Å². The minimum absolute atomic E-state index is 0.00256. The van der Waals surface area contributed by atoms with Crippen molar-refractivity contribution in [2.24, 2.45) is 10.7 Å².